The van der Waals surface area contributed by atoms with Crippen LogP contribution < -0.4 is 15.4 Å². The van der Waals surface area contributed by atoms with E-state index in [2.05, 4.69) is 10.6 Å². The van der Waals surface area contributed by atoms with E-state index in [0.29, 0.717) is 12.8 Å². The monoisotopic (exact) mass is 564 g/mol. The van der Waals surface area contributed by atoms with Gasteiger partial charge in [0.05, 0.1) is 35.5 Å². The van der Waals surface area contributed by atoms with Crippen LogP contribution in [-0.2, 0) is 11.2 Å². The quantitative estimate of drug-likeness (QED) is 0.235. The van der Waals surface area contributed by atoms with E-state index in [1.807, 2.05) is 6.92 Å². The molecule has 0 aromatic heterocycles. The average molecular weight is 565 g/mol. The lowest BCUT2D eigenvalue weighted by atomic mass is 9.97. The molecule has 2 atom stereocenters. The normalized spacial score (nSPS) is 16.2. The maximum atomic E-state index is 13.9. The van der Waals surface area contributed by atoms with Gasteiger partial charge in [0.1, 0.15) is 11.3 Å². The minimum Gasteiger partial charge on any atom is -0.496 e. The SMILES string of the molecule is CCC[C@@H](NC(=O)N1CC(=S)NC[C@@H](Cc2cc(F)c(F)cc2OC)C1=O)c1ccc(C(=O)O)c([N+](=O)[O-])c1. The van der Waals surface area contributed by atoms with E-state index in [-0.39, 0.29) is 41.4 Å². The van der Waals surface area contributed by atoms with Crippen molar-refractivity contribution in [3.63, 3.8) is 0 Å². The van der Waals surface area contributed by atoms with Gasteiger partial charge in [-0.25, -0.2) is 18.4 Å². The summed E-state index contributed by atoms with van der Waals surface area (Å²) < 4.78 is 32.7. The van der Waals surface area contributed by atoms with E-state index in [9.17, 15) is 38.4 Å². The number of hydrogen-bond donors (Lipinski definition) is 3. The smallest absolute Gasteiger partial charge is 0.342 e. The fraction of sp³-hybridized carbons (Fsp3) is 0.360. The lowest BCUT2D eigenvalue weighted by Crippen LogP contribution is -2.48. The zero-order chi connectivity index (χ0) is 28.9. The van der Waals surface area contributed by atoms with Crippen molar-refractivity contribution >= 4 is 40.8 Å². The fourth-order valence-corrected chi connectivity index (χ4v) is 4.49. The number of carbonyl (C=O) groups excluding carboxylic acids is 2. The second-order valence-electron chi connectivity index (χ2n) is 8.84. The molecule has 1 aliphatic rings. The van der Waals surface area contributed by atoms with Gasteiger partial charge in [-0.3, -0.25) is 19.8 Å². The number of carbonyl (C=O) groups is 3. The van der Waals surface area contributed by atoms with Gasteiger partial charge in [0.15, 0.2) is 11.6 Å². The summed E-state index contributed by atoms with van der Waals surface area (Å²) >= 11 is 5.24. The van der Waals surface area contributed by atoms with Gasteiger partial charge >= 0.3 is 12.0 Å². The van der Waals surface area contributed by atoms with Crippen LogP contribution in [0.5, 0.6) is 5.75 Å². The molecule has 0 radical (unpaired) electrons. The first kappa shape index (κ1) is 29.4. The summed E-state index contributed by atoms with van der Waals surface area (Å²) in [6.07, 6.45) is 0.793. The summed E-state index contributed by atoms with van der Waals surface area (Å²) in [6, 6.07) is 3.73. The van der Waals surface area contributed by atoms with Crippen molar-refractivity contribution in [1.29, 1.82) is 0 Å². The zero-order valence-electron chi connectivity index (χ0n) is 21.0. The number of methoxy groups -OCH3 is 1. The number of carboxylic acid groups (broad SMARTS) is 1. The third-order valence-corrected chi connectivity index (χ3v) is 6.50. The van der Waals surface area contributed by atoms with Gasteiger partial charge in [-0.15, -0.1) is 0 Å². The average Bonchev–Trinajstić information content (AvgIpc) is 3.03. The number of nitro groups is 1. The number of benzene rings is 2. The van der Waals surface area contributed by atoms with Gasteiger partial charge in [0.25, 0.3) is 5.69 Å². The summed E-state index contributed by atoms with van der Waals surface area (Å²) in [5, 5.41) is 26.3. The Kier molecular flexibility index (Phi) is 9.46. The van der Waals surface area contributed by atoms with Crippen LogP contribution in [0.4, 0.5) is 19.3 Å². The molecular formula is C25H26F2N4O7S. The molecule has 3 amide bonds. The Labute approximate surface area is 227 Å². The Hall–Kier alpha value is -4.20. The molecule has 3 rings (SSSR count). The number of carboxylic acids is 1. The van der Waals surface area contributed by atoms with Crippen LogP contribution in [0, 0.1) is 27.7 Å². The van der Waals surface area contributed by atoms with Crippen molar-refractivity contribution in [2.24, 2.45) is 5.92 Å². The molecule has 0 aliphatic carbocycles. The van der Waals surface area contributed by atoms with E-state index in [4.69, 9.17) is 17.0 Å². The van der Waals surface area contributed by atoms with Gasteiger partial charge < -0.3 is 20.5 Å². The van der Waals surface area contributed by atoms with Gasteiger partial charge in [0.2, 0.25) is 5.91 Å². The van der Waals surface area contributed by atoms with Gasteiger partial charge in [-0.1, -0.05) is 31.6 Å². The number of amides is 3. The second-order valence-corrected chi connectivity index (χ2v) is 9.33. The van der Waals surface area contributed by atoms with Crippen molar-refractivity contribution in [2.75, 3.05) is 20.2 Å². The first-order chi connectivity index (χ1) is 18.5. The van der Waals surface area contributed by atoms with Crippen molar-refractivity contribution in [2.45, 2.75) is 32.2 Å². The molecule has 0 unspecified atom stereocenters. The maximum Gasteiger partial charge on any atom is 0.342 e. The molecule has 14 heteroatoms. The molecule has 1 saturated heterocycles. The van der Waals surface area contributed by atoms with Crippen LogP contribution in [0.25, 0.3) is 0 Å². The number of nitro benzene ring substituents is 1. The van der Waals surface area contributed by atoms with Crippen LogP contribution in [0.3, 0.4) is 0 Å². The number of nitrogens with one attached hydrogen (secondary N) is 2. The summed E-state index contributed by atoms with van der Waals surface area (Å²) in [5.41, 5.74) is -0.626. The third kappa shape index (κ3) is 6.82. The van der Waals surface area contributed by atoms with Crippen LogP contribution in [0.15, 0.2) is 30.3 Å². The zero-order valence-corrected chi connectivity index (χ0v) is 21.8. The highest BCUT2D eigenvalue weighted by Gasteiger charge is 2.35. The topological polar surface area (TPSA) is 151 Å². The standard InChI is InChI=1S/C25H26F2N4O7S/c1-3-4-19(13-5-6-16(24(33)34)20(9-13)31(36)37)29-25(35)30-12-22(39)28-11-15(23(30)32)7-14-8-17(26)18(27)10-21(14)38-2/h5-6,8-10,15,19H,3-4,7,11-12H2,1-2H3,(H,28,39)(H,29,35)(H,33,34)/t15-,19-/m1/s1. The molecule has 11 nitrogen and oxygen atoms in total. The highest BCUT2D eigenvalue weighted by atomic mass is 32.1. The van der Waals surface area contributed by atoms with Gasteiger partial charge in [-0.2, -0.15) is 0 Å². The van der Waals surface area contributed by atoms with Crippen LogP contribution in [0.1, 0.15) is 47.3 Å². The number of imide groups is 1. The van der Waals surface area contributed by atoms with Gasteiger partial charge in [0, 0.05) is 18.7 Å². The largest absolute Gasteiger partial charge is 0.496 e. The van der Waals surface area contributed by atoms with Crippen molar-refractivity contribution in [3.05, 3.63) is 68.8 Å². The molecule has 39 heavy (non-hydrogen) atoms. The van der Waals surface area contributed by atoms with E-state index in [0.717, 1.165) is 29.2 Å². The van der Waals surface area contributed by atoms with Gasteiger partial charge in [-0.05, 0) is 36.1 Å². The lowest BCUT2D eigenvalue weighted by Gasteiger charge is -2.26. The molecule has 1 fully saturated rings. The molecule has 0 saturated carbocycles. The number of ether oxygens (including phenoxy) is 1. The van der Waals surface area contributed by atoms with E-state index >= 15 is 0 Å². The lowest BCUT2D eigenvalue weighted by molar-refractivity contribution is -0.385. The predicted molar refractivity (Wildman–Crippen MR) is 139 cm³/mol. The minimum atomic E-state index is -1.47. The highest BCUT2D eigenvalue weighted by Crippen LogP contribution is 2.28. The Morgan fingerprint density at radius 1 is 1.31 bits per heavy atom. The molecule has 0 bridgehead atoms. The molecule has 0 spiro atoms. The Morgan fingerprint density at radius 3 is 2.62 bits per heavy atom. The molecule has 3 N–H and O–H groups in total. The Balaban J connectivity index is 1.88. The molecule has 2 aromatic carbocycles. The predicted octanol–water partition coefficient (Wildman–Crippen LogP) is 3.75. The third-order valence-electron chi connectivity index (χ3n) is 6.22. The number of urea groups is 1. The first-order valence-corrected chi connectivity index (χ1v) is 12.3. The van der Waals surface area contributed by atoms with E-state index < -0.39 is 57.7 Å². The molecular weight excluding hydrogens is 538 g/mol. The van der Waals surface area contributed by atoms with E-state index in [1.54, 1.807) is 0 Å². The highest BCUT2D eigenvalue weighted by molar-refractivity contribution is 7.80. The number of hydrogen-bond acceptors (Lipinski definition) is 7. The molecule has 208 valence electrons. The summed E-state index contributed by atoms with van der Waals surface area (Å²) in [4.78, 5) is 49.8. The number of halogens is 2. The van der Waals surface area contributed by atoms with Crippen molar-refractivity contribution in [1.82, 2.24) is 15.5 Å². The number of nitrogens with zero attached hydrogens (tertiary/aromatic N) is 2. The Bertz CT molecular complexity index is 1320. The number of thiocarbonyl (C=S) groups is 1. The fourth-order valence-electron chi connectivity index (χ4n) is 4.27. The first-order valence-electron chi connectivity index (χ1n) is 11.9. The van der Waals surface area contributed by atoms with E-state index in [1.165, 1.54) is 13.2 Å². The number of rotatable bonds is 9. The summed E-state index contributed by atoms with van der Waals surface area (Å²) in [5.74, 6) is -5.18. The van der Waals surface area contributed by atoms with Crippen molar-refractivity contribution < 1.29 is 37.9 Å². The van der Waals surface area contributed by atoms with Crippen LogP contribution in [0.2, 0.25) is 0 Å². The minimum absolute atomic E-state index is 0.0326. The molecule has 2 aromatic rings. The summed E-state index contributed by atoms with van der Waals surface area (Å²) in [7, 11) is 1.28. The molecule has 1 heterocycles. The van der Waals surface area contributed by atoms with Crippen LogP contribution in [-0.4, -0.2) is 58.0 Å². The van der Waals surface area contributed by atoms with Crippen molar-refractivity contribution in [3.8, 4) is 5.75 Å². The molecule has 1 aliphatic heterocycles. The number of aromatic carboxylic acids is 1. The summed E-state index contributed by atoms with van der Waals surface area (Å²) in [6.45, 7) is 1.60. The Morgan fingerprint density at radius 2 is 2.00 bits per heavy atom. The maximum absolute atomic E-state index is 13.9. The van der Waals surface area contributed by atoms with Crippen LogP contribution >= 0.6 is 12.2 Å². The second kappa shape index (κ2) is 12.6.